The van der Waals surface area contributed by atoms with Gasteiger partial charge in [-0.25, -0.2) is 4.98 Å². The van der Waals surface area contributed by atoms with Gasteiger partial charge >= 0.3 is 0 Å². The van der Waals surface area contributed by atoms with Crippen LogP contribution in [0, 0.1) is 0 Å². The lowest BCUT2D eigenvalue weighted by atomic mass is 10.0. The summed E-state index contributed by atoms with van der Waals surface area (Å²) in [7, 11) is 3.62. The van der Waals surface area contributed by atoms with Gasteiger partial charge in [-0.1, -0.05) is 6.92 Å². The standard InChI is InChI=1S/C15H27N5O/c1-4-13(15-16-7-8-17-15)18-12-5-9-20(10-6-12)11-14(21)19(2)3/h7-8,12-13,18H,4-6,9-11H2,1-3H3,(H,16,17). The zero-order valence-electron chi connectivity index (χ0n) is 13.3. The number of hydrogen-bond donors (Lipinski definition) is 2. The van der Waals surface area contributed by atoms with Gasteiger partial charge in [-0.15, -0.1) is 0 Å². The number of likely N-dealkylation sites (tertiary alicyclic amines) is 1. The van der Waals surface area contributed by atoms with Crippen molar-refractivity contribution < 1.29 is 4.79 Å². The molecule has 1 aliphatic rings. The Morgan fingerprint density at radius 2 is 2.24 bits per heavy atom. The number of imidazole rings is 1. The molecule has 118 valence electrons. The fourth-order valence-corrected chi connectivity index (χ4v) is 2.73. The first-order chi connectivity index (χ1) is 10.1. The highest BCUT2D eigenvalue weighted by molar-refractivity contribution is 5.77. The molecule has 2 rings (SSSR count). The Morgan fingerprint density at radius 1 is 1.52 bits per heavy atom. The van der Waals surface area contributed by atoms with Gasteiger partial charge in [0.15, 0.2) is 0 Å². The lowest BCUT2D eigenvalue weighted by Gasteiger charge is -2.34. The second-order valence-electron chi connectivity index (χ2n) is 5.94. The highest BCUT2D eigenvalue weighted by Gasteiger charge is 2.23. The number of nitrogens with one attached hydrogen (secondary N) is 2. The van der Waals surface area contributed by atoms with E-state index >= 15 is 0 Å². The van der Waals surface area contributed by atoms with E-state index in [0.29, 0.717) is 18.6 Å². The normalized spacial score (nSPS) is 18.6. The summed E-state index contributed by atoms with van der Waals surface area (Å²) in [6, 6.07) is 0.797. The van der Waals surface area contributed by atoms with E-state index in [1.165, 1.54) is 0 Å². The lowest BCUT2D eigenvalue weighted by molar-refractivity contribution is -0.130. The third-order valence-electron chi connectivity index (χ3n) is 4.14. The summed E-state index contributed by atoms with van der Waals surface area (Å²) >= 11 is 0. The molecule has 2 N–H and O–H groups in total. The van der Waals surface area contributed by atoms with E-state index in [9.17, 15) is 4.79 Å². The van der Waals surface area contributed by atoms with Crippen LogP contribution in [0.25, 0.3) is 0 Å². The number of H-pyrrole nitrogens is 1. The van der Waals surface area contributed by atoms with E-state index in [0.717, 1.165) is 38.2 Å². The van der Waals surface area contributed by atoms with Gasteiger partial charge in [-0.05, 0) is 19.3 Å². The van der Waals surface area contributed by atoms with Crippen molar-refractivity contribution >= 4 is 5.91 Å². The number of hydrogen-bond acceptors (Lipinski definition) is 4. The van der Waals surface area contributed by atoms with E-state index in [2.05, 4.69) is 27.1 Å². The van der Waals surface area contributed by atoms with E-state index in [-0.39, 0.29) is 5.91 Å². The van der Waals surface area contributed by atoms with Crippen LogP contribution in [0.4, 0.5) is 0 Å². The average Bonchev–Trinajstić information content (AvgIpc) is 3.00. The zero-order chi connectivity index (χ0) is 15.2. The predicted molar refractivity (Wildman–Crippen MR) is 82.9 cm³/mol. The minimum atomic E-state index is 0.184. The molecule has 0 radical (unpaired) electrons. The van der Waals surface area contributed by atoms with E-state index in [4.69, 9.17) is 0 Å². The zero-order valence-corrected chi connectivity index (χ0v) is 13.3. The fourth-order valence-electron chi connectivity index (χ4n) is 2.73. The van der Waals surface area contributed by atoms with Crippen molar-refractivity contribution in [1.29, 1.82) is 0 Å². The molecule has 0 spiro atoms. The Balaban J connectivity index is 1.77. The smallest absolute Gasteiger partial charge is 0.236 e. The number of rotatable bonds is 6. The van der Waals surface area contributed by atoms with Crippen molar-refractivity contribution in [2.45, 2.75) is 38.3 Å². The molecule has 2 heterocycles. The maximum atomic E-state index is 11.7. The van der Waals surface area contributed by atoms with Gasteiger partial charge in [-0.2, -0.15) is 0 Å². The van der Waals surface area contributed by atoms with Gasteiger partial charge in [0.1, 0.15) is 5.82 Å². The monoisotopic (exact) mass is 293 g/mol. The third-order valence-corrected chi connectivity index (χ3v) is 4.14. The van der Waals surface area contributed by atoms with Gasteiger partial charge in [0.2, 0.25) is 5.91 Å². The molecule has 1 aliphatic heterocycles. The Bertz CT molecular complexity index is 423. The summed E-state index contributed by atoms with van der Waals surface area (Å²) < 4.78 is 0. The summed E-state index contributed by atoms with van der Waals surface area (Å²) in [6.45, 7) is 4.66. The molecular formula is C15H27N5O. The highest BCUT2D eigenvalue weighted by Crippen LogP contribution is 2.17. The number of nitrogens with zero attached hydrogens (tertiary/aromatic N) is 3. The first-order valence-corrected chi connectivity index (χ1v) is 7.78. The topological polar surface area (TPSA) is 64.3 Å². The number of amides is 1. The van der Waals surface area contributed by atoms with Crippen molar-refractivity contribution in [1.82, 2.24) is 25.1 Å². The fraction of sp³-hybridized carbons (Fsp3) is 0.733. The van der Waals surface area contributed by atoms with Crippen LogP contribution in [0.1, 0.15) is 38.1 Å². The van der Waals surface area contributed by atoms with Gasteiger partial charge in [-0.3, -0.25) is 9.69 Å². The molecular weight excluding hydrogens is 266 g/mol. The van der Waals surface area contributed by atoms with Crippen LogP contribution < -0.4 is 5.32 Å². The number of likely N-dealkylation sites (N-methyl/N-ethyl adjacent to an activating group) is 1. The minimum absolute atomic E-state index is 0.184. The van der Waals surface area contributed by atoms with E-state index in [1.807, 2.05) is 20.3 Å². The molecule has 21 heavy (non-hydrogen) atoms. The number of aromatic amines is 1. The van der Waals surface area contributed by atoms with Crippen LogP contribution >= 0.6 is 0 Å². The van der Waals surface area contributed by atoms with E-state index < -0.39 is 0 Å². The maximum Gasteiger partial charge on any atom is 0.236 e. The number of carbonyl (C=O) groups excluding carboxylic acids is 1. The average molecular weight is 293 g/mol. The van der Waals surface area contributed by atoms with Crippen LogP contribution in [0.2, 0.25) is 0 Å². The molecule has 1 atom stereocenters. The third kappa shape index (κ3) is 4.54. The molecule has 0 aromatic carbocycles. The Morgan fingerprint density at radius 3 is 2.76 bits per heavy atom. The molecule has 1 saturated heterocycles. The Kier molecular flexibility index (Phi) is 5.76. The lowest BCUT2D eigenvalue weighted by Crippen LogP contribution is -2.46. The SMILES string of the molecule is CCC(NC1CCN(CC(=O)N(C)C)CC1)c1ncc[nH]1. The second kappa shape index (κ2) is 7.56. The van der Waals surface area contributed by atoms with Crippen LogP contribution in [-0.2, 0) is 4.79 Å². The minimum Gasteiger partial charge on any atom is -0.348 e. The summed E-state index contributed by atoms with van der Waals surface area (Å²) in [4.78, 5) is 23.2. The molecule has 0 bridgehead atoms. The molecule has 1 aromatic rings. The molecule has 1 unspecified atom stereocenters. The predicted octanol–water partition coefficient (Wildman–Crippen LogP) is 1.00. The molecule has 1 amide bonds. The van der Waals surface area contributed by atoms with Crippen molar-refractivity contribution in [2.75, 3.05) is 33.7 Å². The van der Waals surface area contributed by atoms with Crippen LogP contribution in [0.5, 0.6) is 0 Å². The molecule has 0 aliphatic carbocycles. The first kappa shape index (κ1) is 16.0. The summed E-state index contributed by atoms with van der Waals surface area (Å²) in [5, 5.41) is 3.69. The maximum absolute atomic E-state index is 11.7. The molecule has 1 fully saturated rings. The molecule has 1 aromatic heterocycles. The highest BCUT2D eigenvalue weighted by atomic mass is 16.2. The summed E-state index contributed by atoms with van der Waals surface area (Å²) in [5.74, 6) is 1.20. The Hall–Kier alpha value is -1.40. The largest absolute Gasteiger partial charge is 0.348 e. The van der Waals surface area contributed by atoms with Gasteiger partial charge in [0, 0.05) is 45.6 Å². The van der Waals surface area contributed by atoms with Gasteiger partial charge in [0.25, 0.3) is 0 Å². The van der Waals surface area contributed by atoms with Gasteiger partial charge in [0.05, 0.1) is 12.6 Å². The van der Waals surface area contributed by atoms with Crippen molar-refractivity contribution in [2.24, 2.45) is 0 Å². The number of aromatic nitrogens is 2. The Labute approximate surface area is 126 Å². The molecule has 6 heteroatoms. The number of piperidine rings is 1. The first-order valence-electron chi connectivity index (χ1n) is 7.78. The van der Waals surface area contributed by atoms with Crippen molar-refractivity contribution in [3.8, 4) is 0 Å². The van der Waals surface area contributed by atoms with Crippen LogP contribution in [0.15, 0.2) is 12.4 Å². The van der Waals surface area contributed by atoms with Crippen LogP contribution in [0.3, 0.4) is 0 Å². The van der Waals surface area contributed by atoms with Crippen LogP contribution in [-0.4, -0.2) is 65.4 Å². The summed E-state index contributed by atoms with van der Waals surface area (Å²) in [6.07, 6.45) is 6.85. The molecule has 0 saturated carbocycles. The second-order valence-corrected chi connectivity index (χ2v) is 5.94. The quantitative estimate of drug-likeness (QED) is 0.821. The summed E-state index contributed by atoms with van der Waals surface area (Å²) in [5.41, 5.74) is 0. The van der Waals surface area contributed by atoms with Crippen molar-refractivity contribution in [3.63, 3.8) is 0 Å². The van der Waals surface area contributed by atoms with E-state index in [1.54, 1.807) is 11.1 Å². The molecule has 6 nitrogen and oxygen atoms in total. The van der Waals surface area contributed by atoms with Crippen molar-refractivity contribution in [3.05, 3.63) is 18.2 Å². The number of carbonyl (C=O) groups is 1. The van der Waals surface area contributed by atoms with Gasteiger partial charge < -0.3 is 15.2 Å².